The molecule has 182 valence electrons. The molecule has 1 N–H and O–H groups in total. The summed E-state index contributed by atoms with van der Waals surface area (Å²) in [5.41, 5.74) is 4.21. The van der Waals surface area contributed by atoms with E-state index in [4.69, 9.17) is 16.3 Å². The van der Waals surface area contributed by atoms with Gasteiger partial charge in [-0.25, -0.2) is 0 Å². The van der Waals surface area contributed by atoms with Crippen LogP contribution >= 0.6 is 11.6 Å². The minimum atomic E-state index is -0.274. The number of hydrogen-bond donors (Lipinski definition) is 1. The van der Waals surface area contributed by atoms with Gasteiger partial charge in [0.15, 0.2) is 0 Å². The summed E-state index contributed by atoms with van der Waals surface area (Å²) in [6.45, 7) is 9.75. The van der Waals surface area contributed by atoms with Gasteiger partial charge in [-0.15, -0.1) is 0 Å². The largest absolute Gasteiger partial charge is 0.368 e. The number of hydrogen-bond acceptors (Lipinski definition) is 5. The number of carbonyl (C=O) groups excluding carboxylic acids is 2. The number of amides is 2. The molecule has 0 radical (unpaired) electrons. The number of nitrogens with zero attached hydrogens (tertiary/aromatic N) is 3. The first-order valence-corrected chi connectivity index (χ1v) is 12.4. The SMILES string of the molecule is CCc1ccc(C(=O)Nc2cc(Cl)cc(CN3CCN(C(=O)C4CCCO4)C(C)C3)c2C)cn1. The third kappa shape index (κ3) is 5.59. The van der Waals surface area contributed by atoms with Gasteiger partial charge in [-0.3, -0.25) is 19.5 Å². The van der Waals surface area contributed by atoms with Gasteiger partial charge in [0, 0.05) is 61.4 Å². The molecule has 0 bridgehead atoms. The van der Waals surface area contributed by atoms with E-state index in [0.717, 1.165) is 49.2 Å². The van der Waals surface area contributed by atoms with Gasteiger partial charge in [0.1, 0.15) is 6.10 Å². The number of aryl methyl sites for hydroxylation is 1. The zero-order chi connectivity index (χ0) is 24.2. The number of aromatic nitrogens is 1. The summed E-state index contributed by atoms with van der Waals surface area (Å²) in [4.78, 5) is 34.2. The number of carbonyl (C=O) groups is 2. The Bertz CT molecular complexity index is 1040. The van der Waals surface area contributed by atoms with Gasteiger partial charge < -0.3 is 15.0 Å². The molecule has 2 aromatic rings. The topological polar surface area (TPSA) is 74.8 Å². The van der Waals surface area contributed by atoms with Crippen molar-refractivity contribution in [2.24, 2.45) is 0 Å². The molecular formula is C26H33ClN4O3. The predicted molar refractivity (Wildman–Crippen MR) is 133 cm³/mol. The second kappa shape index (κ2) is 10.8. The number of piperazine rings is 1. The van der Waals surface area contributed by atoms with Crippen molar-refractivity contribution >= 4 is 29.1 Å². The lowest BCUT2D eigenvalue weighted by Crippen LogP contribution is -2.55. The molecule has 0 spiro atoms. The van der Waals surface area contributed by atoms with Crippen LogP contribution in [0.5, 0.6) is 0 Å². The van der Waals surface area contributed by atoms with Crippen LogP contribution in [0.15, 0.2) is 30.5 Å². The van der Waals surface area contributed by atoms with Gasteiger partial charge in [0.05, 0.1) is 5.56 Å². The number of benzene rings is 1. The molecule has 4 rings (SSSR count). The highest BCUT2D eigenvalue weighted by Crippen LogP contribution is 2.27. The maximum Gasteiger partial charge on any atom is 0.257 e. The fraction of sp³-hybridized carbons (Fsp3) is 0.500. The highest BCUT2D eigenvalue weighted by molar-refractivity contribution is 6.31. The van der Waals surface area contributed by atoms with Gasteiger partial charge in [-0.1, -0.05) is 18.5 Å². The summed E-state index contributed by atoms with van der Waals surface area (Å²) in [7, 11) is 0. The van der Waals surface area contributed by atoms with Crippen molar-refractivity contribution in [3.63, 3.8) is 0 Å². The van der Waals surface area contributed by atoms with E-state index in [0.29, 0.717) is 36.0 Å². The van der Waals surface area contributed by atoms with Crippen molar-refractivity contribution in [2.45, 2.75) is 58.7 Å². The van der Waals surface area contributed by atoms with Crippen LogP contribution in [0.25, 0.3) is 0 Å². The Hall–Kier alpha value is -2.48. The lowest BCUT2D eigenvalue weighted by atomic mass is 10.0. The van der Waals surface area contributed by atoms with Gasteiger partial charge in [0.25, 0.3) is 11.8 Å². The van der Waals surface area contributed by atoms with Crippen molar-refractivity contribution in [3.05, 3.63) is 57.9 Å². The Balaban J connectivity index is 1.41. The molecule has 2 aliphatic rings. The number of nitrogens with one attached hydrogen (secondary N) is 1. The minimum absolute atomic E-state index is 0.114. The normalized spacial score (nSPS) is 21.0. The van der Waals surface area contributed by atoms with Gasteiger partial charge >= 0.3 is 0 Å². The van der Waals surface area contributed by atoms with E-state index >= 15 is 0 Å². The zero-order valence-corrected chi connectivity index (χ0v) is 20.9. The summed E-state index contributed by atoms with van der Waals surface area (Å²) in [5, 5.41) is 3.58. The molecule has 2 saturated heterocycles. The average molecular weight is 485 g/mol. The average Bonchev–Trinajstić information content (AvgIpc) is 3.37. The quantitative estimate of drug-likeness (QED) is 0.669. The second-order valence-corrected chi connectivity index (χ2v) is 9.64. The molecule has 34 heavy (non-hydrogen) atoms. The van der Waals surface area contributed by atoms with Crippen LogP contribution in [-0.2, 0) is 22.5 Å². The summed E-state index contributed by atoms with van der Waals surface area (Å²) in [6, 6.07) is 7.52. The van der Waals surface area contributed by atoms with E-state index < -0.39 is 0 Å². The van der Waals surface area contributed by atoms with E-state index in [1.165, 1.54) is 0 Å². The van der Waals surface area contributed by atoms with Gasteiger partial charge in [0.2, 0.25) is 0 Å². The Kier molecular flexibility index (Phi) is 7.86. The molecule has 7 nitrogen and oxygen atoms in total. The molecule has 0 saturated carbocycles. The summed E-state index contributed by atoms with van der Waals surface area (Å²) < 4.78 is 5.60. The van der Waals surface area contributed by atoms with Gasteiger partial charge in [-0.05, 0) is 68.5 Å². The zero-order valence-electron chi connectivity index (χ0n) is 20.1. The molecule has 2 unspecified atom stereocenters. The first-order chi connectivity index (χ1) is 16.4. The molecule has 1 aromatic heterocycles. The summed E-state index contributed by atoms with van der Waals surface area (Å²) in [5.74, 6) is -0.0867. The second-order valence-electron chi connectivity index (χ2n) is 9.20. The molecule has 3 heterocycles. The molecular weight excluding hydrogens is 452 g/mol. The molecule has 2 fully saturated rings. The highest BCUT2D eigenvalue weighted by Gasteiger charge is 2.34. The number of ether oxygens (including phenoxy) is 1. The number of halogens is 1. The van der Waals surface area contributed by atoms with Crippen molar-refractivity contribution in [3.8, 4) is 0 Å². The van der Waals surface area contributed by atoms with Crippen LogP contribution < -0.4 is 5.32 Å². The molecule has 0 aliphatic carbocycles. The van der Waals surface area contributed by atoms with Crippen LogP contribution in [0.3, 0.4) is 0 Å². The first-order valence-electron chi connectivity index (χ1n) is 12.1. The van der Waals surface area contributed by atoms with Crippen molar-refractivity contribution in [1.29, 1.82) is 0 Å². The number of rotatable bonds is 6. The van der Waals surface area contributed by atoms with Gasteiger partial charge in [-0.2, -0.15) is 0 Å². The number of pyridine rings is 1. The molecule has 1 aromatic carbocycles. The van der Waals surface area contributed by atoms with E-state index in [1.807, 2.05) is 30.9 Å². The maximum atomic E-state index is 12.8. The Morgan fingerprint density at radius 1 is 1.26 bits per heavy atom. The van der Waals surface area contributed by atoms with Crippen molar-refractivity contribution < 1.29 is 14.3 Å². The van der Waals surface area contributed by atoms with Crippen molar-refractivity contribution in [2.75, 3.05) is 31.6 Å². The maximum absolute atomic E-state index is 12.8. The van der Waals surface area contributed by atoms with Crippen LogP contribution in [-0.4, -0.2) is 65.0 Å². The Labute approximate surface area is 206 Å². The van der Waals surface area contributed by atoms with Crippen LogP contribution in [0.2, 0.25) is 5.02 Å². The Morgan fingerprint density at radius 3 is 2.74 bits per heavy atom. The fourth-order valence-electron chi connectivity index (χ4n) is 4.69. The molecule has 2 atom stereocenters. The lowest BCUT2D eigenvalue weighted by molar-refractivity contribution is -0.145. The summed E-state index contributed by atoms with van der Waals surface area (Å²) in [6.07, 6.45) is 3.93. The fourth-order valence-corrected chi connectivity index (χ4v) is 4.94. The third-order valence-corrected chi connectivity index (χ3v) is 6.99. The minimum Gasteiger partial charge on any atom is -0.368 e. The summed E-state index contributed by atoms with van der Waals surface area (Å²) >= 11 is 6.43. The van der Waals surface area contributed by atoms with E-state index in [9.17, 15) is 9.59 Å². The highest BCUT2D eigenvalue weighted by atomic mass is 35.5. The third-order valence-electron chi connectivity index (χ3n) is 6.77. The molecule has 2 amide bonds. The smallest absolute Gasteiger partial charge is 0.257 e. The molecule has 8 heteroatoms. The predicted octanol–water partition coefficient (Wildman–Crippen LogP) is 4.07. The van der Waals surface area contributed by atoms with Crippen LogP contribution in [0.1, 0.15) is 53.9 Å². The number of anilines is 1. The monoisotopic (exact) mass is 484 g/mol. The van der Waals surface area contributed by atoms with Crippen molar-refractivity contribution in [1.82, 2.24) is 14.8 Å². The van der Waals surface area contributed by atoms with Crippen LogP contribution in [0.4, 0.5) is 5.69 Å². The standard InChI is InChI=1S/C26H33ClN4O3/c1-4-22-8-7-19(14-28-22)25(32)29-23-13-21(27)12-20(18(23)3)16-30-9-10-31(17(2)15-30)26(33)24-6-5-11-34-24/h7-8,12-14,17,24H,4-6,9-11,15-16H2,1-3H3,(H,29,32). The van der Waals surface area contributed by atoms with Crippen LogP contribution in [0, 0.1) is 6.92 Å². The first kappa shape index (κ1) is 24.6. The Morgan fingerprint density at radius 2 is 2.09 bits per heavy atom. The van der Waals surface area contributed by atoms with E-state index in [-0.39, 0.29) is 24.0 Å². The lowest BCUT2D eigenvalue weighted by Gasteiger charge is -2.41. The molecule has 2 aliphatic heterocycles. The van der Waals surface area contributed by atoms with E-state index in [2.05, 4.69) is 22.1 Å². The van der Waals surface area contributed by atoms with E-state index in [1.54, 1.807) is 18.3 Å².